The zero-order chi connectivity index (χ0) is 24.7. The van der Waals surface area contributed by atoms with Crippen molar-refractivity contribution >= 4 is 23.3 Å². The van der Waals surface area contributed by atoms with Crippen LogP contribution in [0, 0.1) is 10.1 Å². The van der Waals surface area contributed by atoms with E-state index < -0.39 is 16.3 Å². The van der Waals surface area contributed by atoms with Crippen molar-refractivity contribution in [2.75, 3.05) is 25.1 Å². The van der Waals surface area contributed by atoms with Crippen molar-refractivity contribution in [1.82, 2.24) is 0 Å². The molecule has 1 aliphatic heterocycles. The van der Waals surface area contributed by atoms with Crippen molar-refractivity contribution in [2.45, 2.75) is 51.6 Å². The van der Waals surface area contributed by atoms with Gasteiger partial charge in [-0.2, -0.15) is 0 Å². The van der Waals surface area contributed by atoms with Gasteiger partial charge in [-0.15, -0.1) is 0 Å². The summed E-state index contributed by atoms with van der Waals surface area (Å²) in [5.41, 5.74) is 0.390. The SMILES string of the molecule is CCOC(=O)c1cc(NC(=O)C2(c3ccc([N+](=O)[O-])cc3)CCOCC2)ccc1O[C@@H](C)CC. The smallest absolute Gasteiger partial charge is 0.341 e. The molecule has 0 aromatic heterocycles. The van der Waals surface area contributed by atoms with Crippen LogP contribution in [0.3, 0.4) is 0 Å². The van der Waals surface area contributed by atoms with Gasteiger partial charge in [0.2, 0.25) is 5.91 Å². The van der Waals surface area contributed by atoms with Gasteiger partial charge in [0.1, 0.15) is 11.3 Å². The summed E-state index contributed by atoms with van der Waals surface area (Å²) in [6, 6.07) is 10.9. The lowest BCUT2D eigenvalue weighted by atomic mass is 9.73. The second-order valence-corrected chi connectivity index (χ2v) is 8.22. The third-order valence-electron chi connectivity index (χ3n) is 6.05. The van der Waals surface area contributed by atoms with Gasteiger partial charge in [-0.3, -0.25) is 14.9 Å². The Hall–Kier alpha value is -3.46. The lowest BCUT2D eigenvalue weighted by Gasteiger charge is -2.36. The Morgan fingerprint density at radius 1 is 1.15 bits per heavy atom. The number of ether oxygens (including phenoxy) is 3. The number of non-ortho nitro benzene ring substituents is 1. The first-order chi connectivity index (χ1) is 16.3. The Balaban J connectivity index is 1.92. The zero-order valence-electron chi connectivity index (χ0n) is 19.7. The summed E-state index contributed by atoms with van der Waals surface area (Å²) in [5.74, 6) is -0.412. The second-order valence-electron chi connectivity index (χ2n) is 8.22. The summed E-state index contributed by atoms with van der Waals surface area (Å²) in [7, 11) is 0. The molecule has 0 unspecified atom stereocenters. The molecule has 2 aromatic rings. The van der Waals surface area contributed by atoms with Gasteiger partial charge in [0.05, 0.1) is 23.0 Å². The number of carbonyl (C=O) groups excluding carboxylic acids is 2. The van der Waals surface area contributed by atoms with Gasteiger partial charge in [-0.05, 0) is 56.9 Å². The predicted octanol–water partition coefficient (Wildman–Crippen LogP) is 4.64. The summed E-state index contributed by atoms with van der Waals surface area (Å²) in [6.07, 6.45) is 1.52. The van der Waals surface area contributed by atoms with Crippen LogP contribution in [-0.4, -0.2) is 42.7 Å². The van der Waals surface area contributed by atoms with Crippen LogP contribution in [0.5, 0.6) is 5.75 Å². The van der Waals surface area contributed by atoms with Crippen LogP contribution in [0.25, 0.3) is 0 Å². The normalized spacial score (nSPS) is 15.7. The minimum absolute atomic E-state index is 0.0395. The summed E-state index contributed by atoms with van der Waals surface area (Å²) < 4.78 is 16.5. The van der Waals surface area contributed by atoms with Crippen LogP contribution in [0.4, 0.5) is 11.4 Å². The van der Waals surface area contributed by atoms with E-state index in [0.717, 1.165) is 6.42 Å². The van der Waals surface area contributed by atoms with Crippen molar-refractivity contribution in [2.24, 2.45) is 0 Å². The maximum absolute atomic E-state index is 13.6. The molecule has 2 aromatic carbocycles. The number of nitrogens with one attached hydrogen (secondary N) is 1. The highest BCUT2D eigenvalue weighted by Crippen LogP contribution is 2.37. The van der Waals surface area contributed by atoms with Crippen molar-refractivity contribution in [3.8, 4) is 5.75 Å². The topological polar surface area (TPSA) is 117 Å². The first kappa shape index (κ1) is 25.2. The predicted molar refractivity (Wildman–Crippen MR) is 126 cm³/mol. The van der Waals surface area contributed by atoms with Gasteiger partial charge in [0.15, 0.2) is 0 Å². The van der Waals surface area contributed by atoms with E-state index in [4.69, 9.17) is 14.2 Å². The zero-order valence-corrected chi connectivity index (χ0v) is 19.7. The van der Waals surface area contributed by atoms with Crippen molar-refractivity contribution < 1.29 is 28.7 Å². The third-order valence-corrected chi connectivity index (χ3v) is 6.05. The molecule has 3 rings (SSSR count). The number of rotatable bonds is 9. The Kier molecular flexibility index (Phi) is 8.22. The molecule has 1 aliphatic rings. The molecule has 0 saturated carbocycles. The summed E-state index contributed by atoms with van der Waals surface area (Å²) in [4.78, 5) is 36.7. The van der Waals surface area contributed by atoms with Gasteiger partial charge >= 0.3 is 5.97 Å². The van der Waals surface area contributed by atoms with Crippen LogP contribution >= 0.6 is 0 Å². The monoisotopic (exact) mass is 470 g/mol. The van der Waals surface area contributed by atoms with E-state index in [1.165, 1.54) is 12.1 Å². The minimum Gasteiger partial charge on any atom is -0.490 e. The fourth-order valence-electron chi connectivity index (χ4n) is 3.90. The third kappa shape index (κ3) is 5.53. The summed E-state index contributed by atoms with van der Waals surface area (Å²) in [6.45, 7) is 6.60. The molecule has 1 N–H and O–H groups in total. The van der Waals surface area contributed by atoms with Crippen LogP contribution in [0.2, 0.25) is 0 Å². The van der Waals surface area contributed by atoms with Gasteiger partial charge in [-0.1, -0.05) is 19.1 Å². The maximum atomic E-state index is 13.6. The highest BCUT2D eigenvalue weighted by molar-refractivity contribution is 6.01. The highest BCUT2D eigenvalue weighted by Gasteiger charge is 2.42. The van der Waals surface area contributed by atoms with E-state index in [9.17, 15) is 19.7 Å². The molecule has 1 heterocycles. The quantitative estimate of drug-likeness (QED) is 0.322. The molecular formula is C25H30N2O7. The van der Waals surface area contributed by atoms with E-state index in [1.54, 1.807) is 37.3 Å². The van der Waals surface area contributed by atoms with Gasteiger partial charge in [0.25, 0.3) is 5.69 Å². The van der Waals surface area contributed by atoms with Crippen molar-refractivity contribution in [3.63, 3.8) is 0 Å². The fraction of sp³-hybridized carbons (Fsp3) is 0.440. The van der Waals surface area contributed by atoms with Crippen LogP contribution < -0.4 is 10.1 Å². The molecule has 0 spiro atoms. The summed E-state index contributed by atoms with van der Waals surface area (Å²) in [5, 5.41) is 14.0. The van der Waals surface area contributed by atoms with Gasteiger partial charge in [-0.25, -0.2) is 4.79 Å². The number of anilines is 1. The molecule has 1 fully saturated rings. The van der Waals surface area contributed by atoms with E-state index in [2.05, 4.69) is 5.32 Å². The summed E-state index contributed by atoms with van der Waals surface area (Å²) >= 11 is 0. The molecule has 9 nitrogen and oxygen atoms in total. The standard InChI is InChI=1S/C25H30N2O7/c1-4-17(3)34-22-11-8-19(16-21(22)23(28)33-5-2)26-24(29)25(12-14-32-15-13-25)18-6-9-20(10-7-18)27(30)31/h6-11,16-17H,4-5,12-15H2,1-3H3,(H,26,29)/t17-/m0/s1. The molecule has 9 heteroatoms. The molecular weight excluding hydrogens is 440 g/mol. The second kappa shape index (κ2) is 11.1. The highest BCUT2D eigenvalue weighted by atomic mass is 16.6. The molecule has 1 amide bonds. The van der Waals surface area contributed by atoms with Crippen molar-refractivity contribution in [3.05, 3.63) is 63.7 Å². The maximum Gasteiger partial charge on any atom is 0.341 e. The average Bonchev–Trinajstić information content (AvgIpc) is 2.85. The molecule has 34 heavy (non-hydrogen) atoms. The lowest BCUT2D eigenvalue weighted by Crippen LogP contribution is -2.44. The molecule has 0 bridgehead atoms. The lowest BCUT2D eigenvalue weighted by molar-refractivity contribution is -0.384. The fourth-order valence-corrected chi connectivity index (χ4v) is 3.90. The van der Waals surface area contributed by atoms with Crippen LogP contribution in [0.1, 0.15) is 56.0 Å². The Labute approximate surface area is 198 Å². The van der Waals surface area contributed by atoms with Gasteiger partial charge in [0, 0.05) is 31.0 Å². The number of hydrogen-bond donors (Lipinski definition) is 1. The average molecular weight is 471 g/mol. The van der Waals surface area contributed by atoms with Crippen molar-refractivity contribution in [1.29, 1.82) is 0 Å². The van der Waals surface area contributed by atoms with Crippen LogP contribution in [0.15, 0.2) is 42.5 Å². The van der Waals surface area contributed by atoms with E-state index in [-0.39, 0.29) is 29.9 Å². The Morgan fingerprint density at radius 2 is 1.82 bits per heavy atom. The number of nitrogens with zero attached hydrogens (tertiary/aromatic N) is 1. The van der Waals surface area contributed by atoms with Gasteiger partial charge < -0.3 is 19.5 Å². The van der Waals surface area contributed by atoms with E-state index in [0.29, 0.717) is 43.1 Å². The van der Waals surface area contributed by atoms with E-state index in [1.807, 2.05) is 13.8 Å². The number of carbonyl (C=O) groups is 2. The molecule has 1 atom stereocenters. The molecule has 0 aliphatic carbocycles. The number of esters is 1. The number of benzene rings is 2. The number of nitro groups is 1. The Bertz CT molecular complexity index is 1030. The minimum atomic E-state index is -0.913. The first-order valence-corrected chi connectivity index (χ1v) is 11.4. The molecule has 1 saturated heterocycles. The molecule has 182 valence electrons. The first-order valence-electron chi connectivity index (χ1n) is 11.4. The Morgan fingerprint density at radius 3 is 2.41 bits per heavy atom. The molecule has 0 radical (unpaired) electrons. The number of nitro benzene ring substituents is 1. The van der Waals surface area contributed by atoms with E-state index >= 15 is 0 Å². The number of hydrogen-bond acceptors (Lipinski definition) is 7. The van der Waals surface area contributed by atoms with Crippen LogP contribution in [-0.2, 0) is 19.7 Å². The largest absolute Gasteiger partial charge is 0.490 e. The number of amides is 1.